The summed E-state index contributed by atoms with van der Waals surface area (Å²) in [7, 11) is 0. The number of aliphatic hydroxyl groups is 1. The van der Waals surface area contributed by atoms with E-state index in [0.717, 1.165) is 47.6 Å². The Kier molecular flexibility index (Phi) is 6.44. The van der Waals surface area contributed by atoms with E-state index >= 15 is 0 Å². The zero-order valence-electron chi connectivity index (χ0n) is 21.7. The fourth-order valence-corrected chi connectivity index (χ4v) is 6.22. The third kappa shape index (κ3) is 4.69. The topological polar surface area (TPSA) is 80.0 Å². The number of ether oxygens (including phenoxy) is 1. The van der Waals surface area contributed by atoms with Gasteiger partial charge in [-0.1, -0.05) is 49.2 Å². The number of aryl methyl sites for hydroxylation is 1. The Balaban J connectivity index is 1.17. The molecule has 6 nitrogen and oxygen atoms in total. The minimum absolute atomic E-state index is 0.00940. The molecular weight excluding hydrogens is 478 g/mol. The molecule has 0 unspecified atom stereocenters. The minimum Gasteiger partial charge on any atom is -0.489 e. The average molecular weight is 512 g/mol. The summed E-state index contributed by atoms with van der Waals surface area (Å²) >= 11 is 0. The third-order valence-corrected chi connectivity index (χ3v) is 8.59. The van der Waals surface area contributed by atoms with E-state index in [1.807, 2.05) is 42.2 Å². The molecule has 1 saturated carbocycles. The number of hydrogen-bond acceptors (Lipinski definition) is 5. The van der Waals surface area contributed by atoms with Gasteiger partial charge in [0, 0.05) is 30.5 Å². The molecule has 1 aliphatic heterocycles. The second-order valence-electron chi connectivity index (χ2n) is 10.9. The number of nitrogens with zero attached hydrogens (tertiary/aromatic N) is 1. The molecule has 2 atom stereocenters. The van der Waals surface area contributed by atoms with Crippen LogP contribution in [0.2, 0.25) is 0 Å². The van der Waals surface area contributed by atoms with Gasteiger partial charge in [0.15, 0.2) is 0 Å². The summed E-state index contributed by atoms with van der Waals surface area (Å²) in [5.74, 6) is 0.657. The van der Waals surface area contributed by atoms with Crippen LogP contribution in [-0.4, -0.2) is 34.6 Å². The Labute approximate surface area is 221 Å². The van der Waals surface area contributed by atoms with Gasteiger partial charge in [-0.15, -0.1) is 0 Å². The first kappa shape index (κ1) is 24.7. The maximum absolute atomic E-state index is 13.2. The van der Waals surface area contributed by atoms with Crippen molar-refractivity contribution in [1.82, 2.24) is 4.90 Å². The lowest BCUT2D eigenvalue weighted by atomic mass is 9.71. The van der Waals surface area contributed by atoms with Crippen LogP contribution >= 0.6 is 0 Å². The maximum Gasteiger partial charge on any atom is 0.340 e. The van der Waals surface area contributed by atoms with Gasteiger partial charge >= 0.3 is 5.63 Å². The molecular formula is C32H33NO5. The van der Waals surface area contributed by atoms with Crippen LogP contribution < -0.4 is 10.4 Å². The Hall–Kier alpha value is -3.64. The van der Waals surface area contributed by atoms with Crippen molar-refractivity contribution in [2.45, 2.75) is 57.7 Å². The molecule has 0 bridgehead atoms. The molecule has 6 rings (SSSR count). The van der Waals surface area contributed by atoms with Gasteiger partial charge < -0.3 is 19.2 Å². The molecule has 38 heavy (non-hydrogen) atoms. The largest absolute Gasteiger partial charge is 0.489 e. The van der Waals surface area contributed by atoms with Crippen LogP contribution in [-0.2, 0) is 17.8 Å². The Morgan fingerprint density at radius 3 is 2.79 bits per heavy atom. The van der Waals surface area contributed by atoms with E-state index in [2.05, 4.69) is 24.3 Å². The Bertz CT molecular complexity index is 1570. The van der Waals surface area contributed by atoms with Crippen LogP contribution in [0.15, 0.2) is 69.9 Å². The van der Waals surface area contributed by atoms with E-state index in [1.165, 1.54) is 5.39 Å². The monoisotopic (exact) mass is 511 g/mol. The van der Waals surface area contributed by atoms with Crippen LogP contribution in [0, 0.1) is 12.8 Å². The first-order valence-corrected chi connectivity index (χ1v) is 13.6. The molecule has 1 N–H and O–H groups in total. The highest BCUT2D eigenvalue weighted by Crippen LogP contribution is 2.40. The fourth-order valence-electron chi connectivity index (χ4n) is 6.22. The lowest BCUT2D eigenvalue weighted by Crippen LogP contribution is -2.55. The molecule has 6 heteroatoms. The number of fused-ring (bicyclic) bond motifs is 3. The van der Waals surface area contributed by atoms with E-state index in [0.29, 0.717) is 43.0 Å². The predicted molar refractivity (Wildman–Crippen MR) is 147 cm³/mol. The summed E-state index contributed by atoms with van der Waals surface area (Å²) in [5.41, 5.74) is 1.54. The Morgan fingerprint density at radius 1 is 1.08 bits per heavy atom. The van der Waals surface area contributed by atoms with Gasteiger partial charge in [-0.25, -0.2) is 4.79 Å². The maximum atomic E-state index is 13.2. The molecule has 3 aromatic carbocycles. The lowest BCUT2D eigenvalue weighted by molar-refractivity contribution is -0.142. The summed E-state index contributed by atoms with van der Waals surface area (Å²) in [6.45, 7) is 3.36. The SMILES string of the molecule is Cc1c(CC(=O)N2CC[C@]3(O)CCCC[C@H]3C2)c(=O)oc2cc(OCc3ccc4ccccc4c3)ccc12. The van der Waals surface area contributed by atoms with Crippen molar-refractivity contribution in [3.8, 4) is 5.75 Å². The van der Waals surface area contributed by atoms with Crippen molar-refractivity contribution in [1.29, 1.82) is 0 Å². The molecule has 1 saturated heterocycles. The molecule has 0 radical (unpaired) electrons. The Morgan fingerprint density at radius 2 is 1.92 bits per heavy atom. The fraction of sp³-hybridized carbons (Fsp3) is 0.375. The van der Waals surface area contributed by atoms with Gasteiger partial charge in [0.25, 0.3) is 0 Å². The van der Waals surface area contributed by atoms with Crippen molar-refractivity contribution in [3.63, 3.8) is 0 Å². The third-order valence-electron chi connectivity index (χ3n) is 8.59. The normalized spacial score (nSPS) is 21.4. The molecule has 2 fully saturated rings. The van der Waals surface area contributed by atoms with Crippen LogP contribution in [0.25, 0.3) is 21.7 Å². The second kappa shape index (κ2) is 9.91. The highest BCUT2D eigenvalue weighted by molar-refractivity contribution is 5.85. The molecule has 0 spiro atoms. The molecule has 2 aliphatic rings. The molecule has 2 heterocycles. The first-order valence-electron chi connectivity index (χ1n) is 13.6. The van der Waals surface area contributed by atoms with Gasteiger partial charge in [0.2, 0.25) is 5.91 Å². The number of rotatable bonds is 5. The van der Waals surface area contributed by atoms with Crippen molar-refractivity contribution in [3.05, 3.63) is 87.8 Å². The van der Waals surface area contributed by atoms with E-state index in [1.54, 1.807) is 6.07 Å². The second-order valence-corrected chi connectivity index (χ2v) is 10.9. The van der Waals surface area contributed by atoms with Crippen molar-refractivity contribution in [2.24, 2.45) is 5.92 Å². The summed E-state index contributed by atoms with van der Waals surface area (Å²) < 4.78 is 11.7. The van der Waals surface area contributed by atoms with Crippen LogP contribution in [0.3, 0.4) is 0 Å². The molecule has 1 amide bonds. The first-order chi connectivity index (χ1) is 18.4. The molecule has 1 aliphatic carbocycles. The van der Waals surface area contributed by atoms with Gasteiger partial charge in [-0.3, -0.25) is 4.79 Å². The van der Waals surface area contributed by atoms with Gasteiger partial charge in [-0.2, -0.15) is 0 Å². The van der Waals surface area contributed by atoms with E-state index < -0.39 is 11.2 Å². The van der Waals surface area contributed by atoms with Gasteiger partial charge in [-0.05, 0) is 66.3 Å². The van der Waals surface area contributed by atoms with Crippen molar-refractivity contribution < 1.29 is 19.1 Å². The molecule has 4 aromatic rings. The van der Waals surface area contributed by atoms with Gasteiger partial charge in [0.05, 0.1) is 17.6 Å². The van der Waals surface area contributed by atoms with E-state index in [4.69, 9.17) is 9.15 Å². The van der Waals surface area contributed by atoms with Crippen molar-refractivity contribution >= 4 is 27.6 Å². The molecule has 196 valence electrons. The summed E-state index contributed by atoms with van der Waals surface area (Å²) in [5, 5.41) is 14.1. The number of piperidine rings is 1. The van der Waals surface area contributed by atoms with E-state index in [9.17, 15) is 14.7 Å². The van der Waals surface area contributed by atoms with E-state index in [-0.39, 0.29) is 18.2 Å². The van der Waals surface area contributed by atoms with Crippen LogP contribution in [0.1, 0.15) is 48.8 Å². The van der Waals surface area contributed by atoms with Crippen molar-refractivity contribution in [2.75, 3.05) is 13.1 Å². The van der Waals surface area contributed by atoms with Gasteiger partial charge in [0.1, 0.15) is 17.9 Å². The quantitative estimate of drug-likeness (QED) is 0.357. The van der Waals surface area contributed by atoms with Crippen LogP contribution in [0.5, 0.6) is 5.75 Å². The number of hydrogen-bond donors (Lipinski definition) is 1. The summed E-state index contributed by atoms with van der Waals surface area (Å²) in [4.78, 5) is 28.0. The number of carbonyl (C=O) groups is 1. The number of likely N-dealkylation sites (tertiary alicyclic amines) is 1. The summed E-state index contributed by atoms with van der Waals surface area (Å²) in [6.07, 6.45) is 4.53. The smallest absolute Gasteiger partial charge is 0.340 e. The predicted octanol–water partition coefficient (Wildman–Crippen LogP) is 5.53. The highest BCUT2D eigenvalue weighted by atomic mass is 16.5. The lowest BCUT2D eigenvalue weighted by Gasteiger charge is -2.47. The number of benzene rings is 3. The zero-order valence-corrected chi connectivity index (χ0v) is 21.7. The zero-order chi connectivity index (χ0) is 26.3. The average Bonchev–Trinajstić information content (AvgIpc) is 2.93. The number of carbonyl (C=O) groups excluding carboxylic acids is 1. The molecule has 1 aromatic heterocycles. The van der Waals surface area contributed by atoms with Crippen LogP contribution in [0.4, 0.5) is 0 Å². The summed E-state index contributed by atoms with van der Waals surface area (Å²) in [6, 6.07) is 19.9. The minimum atomic E-state index is -0.638. The number of amides is 1. The standard InChI is InChI=1S/C32H33NO5/c1-21-27-12-11-26(37-20-22-9-10-23-6-2-3-7-24(23)16-22)17-29(27)38-31(35)28(21)18-30(34)33-15-14-32(36)13-5-4-8-25(32)19-33/h2-3,6-7,9-12,16-17,25,36H,4-5,8,13-15,18-20H2,1H3/t25-,32+/m0/s1. The highest BCUT2D eigenvalue weighted by Gasteiger charge is 2.43.